The predicted octanol–water partition coefficient (Wildman–Crippen LogP) is 2.37. The molecule has 0 atom stereocenters. The summed E-state index contributed by atoms with van der Waals surface area (Å²) in [6, 6.07) is 5.64. The predicted molar refractivity (Wildman–Crippen MR) is 72.0 cm³/mol. The SMILES string of the molecule is COc1cccc(Br)c1C(=O)NC1CCOCC1. The van der Waals surface area contributed by atoms with E-state index in [4.69, 9.17) is 9.47 Å². The third kappa shape index (κ3) is 3.03. The van der Waals surface area contributed by atoms with Gasteiger partial charge in [0, 0.05) is 23.7 Å². The zero-order valence-corrected chi connectivity index (χ0v) is 11.8. The fraction of sp³-hybridized carbons (Fsp3) is 0.462. The molecule has 0 bridgehead atoms. The molecule has 0 spiro atoms. The topological polar surface area (TPSA) is 47.6 Å². The summed E-state index contributed by atoms with van der Waals surface area (Å²) >= 11 is 3.39. The number of carbonyl (C=O) groups is 1. The van der Waals surface area contributed by atoms with Gasteiger partial charge in [-0.25, -0.2) is 0 Å². The van der Waals surface area contributed by atoms with Crippen molar-refractivity contribution in [3.05, 3.63) is 28.2 Å². The number of methoxy groups -OCH3 is 1. The van der Waals surface area contributed by atoms with Crippen molar-refractivity contribution in [1.29, 1.82) is 0 Å². The van der Waals surface area contributed by atoms with Crippen LogP contribution in [0.1, 0.15) is 23.2 Å². The molecule has 18 heavy (non-hydrogen) atoms. The molecule has 1 aromatic rings. The summed E-state index contributed by atoms with van der Waals surface area (Å²) in [5.74, 6) is 0.472. The lowest BCUT2D eigenvalue weighted by Crippen LogP contribution is -2.39. The summed E-state index contributed by atoms with van der Waals surface area (Å²) in [7, 11) is 1.56. The normalized spacial score (nSPS) is 16.3. The van der Waals surface area contributed by atoms with Gasteiger partial charge in [0.25, 0.3) is 5.91 Å². The van der Waals surface area contributed by atoms with Crippen molar-refractivity contribution < 1.29 is 14.3 Å². The molecule has 1 aromatic carbocycles. The van der Waals surface area contributed by atoms with Crippen molar-refractivity contribution in [3.8, 4) is 5.75 Å². The zero-order valence-electron chi connectivity index (χ0n) is 10.2. The van der Waals surface area contributed by atoms with Crippen LogP contribution in [0.5, 0.6) is 5.75 Å². The van der Waals surface area contributed by atoms with Gasteiger partial charge in [-0.2, -0.15) is 0 Å². The molecule has 98 valence electrons. The highest BCUT2D eigenvalue weighted by Gasteiger charge is 2.21. The molecular formula is C13H16BrNO3. The maximum absolute atomic E-state index is 12.3. The lowest BCUT2D eigenvalue weighted by Gasteiger charge is -2.23. The standard InChI is InChI=1S/C13H16BrNO3/c1-17-11-4-2-3-10(14)12(11)13(16)15-9-5-7-18-8-6-9/h2-4,9H,5-8H2,1H3,(H,15,16). The van der Waals surface area contributed by atoms with Crippen LogP contribution < -0.4 is 10.1 Å². The minimum absolute atomic E-state index is 0.105. The maximum Gasteiger partial charge on any atom is 0.256 e. The van der Waals surface area contributed by atoms with Crippen molar-refractivity contribution >= 4 is 21.8 Å². The first-order chi connectivity index (χ1) is 8.72. The Morgan fingerprint density at radius 1 is 1.44 bits per heavy atom. The van der Waals surface area contributed by atoms with Gasteiger partial charge < -0.3 is 14.8 Å². The Kier molecular flexibility index (Phi) is 4.60. The van der Waals surface area contributed by atoms with E-state index in [1.54, 1.807) is 13.2 Å². The van der Waals surface area contributed by atoms with E-state index in [0.717, 1.165) is 17.3 Å². The molecule has 5 heteroatoms. The van der Waals surface area contributed by atoms with E-state index in [-0.39, 0.29) is 11.9 Å². The number of benzene rings is 1. The van der Waals surface area contributed by atoms with E-state index in [0.29, 0.717) is 24.5 Å². The van der Waals surface area contributed by atoms with Crippen molar-refractivity contribution in [2.24, 2.45) is 0 Å². The number of nitrogens with one attached hydrogen (secondary N) is 1. The van der Waals surface area contributed by atoms with Gasteiger partial charge in [0.15, 0.2) is 0 Å². The summed E-state index contributed by atoms with van der Waals surface area (Å²) < 4.78 is 11.2. The summed E-state index contributed by atoms with van der Waals surface area (Å²) in [6.45, 7) is 1.41. The highest BCUT2D eigenvalue weighted by molar-refractivity contribution is 9.10. The second kappa shape index (κ2) is 6.20. The number of amides is 1. The Morgan fingerprint density at radius 3 is 2.83 bits per heavy atom. The van der Waals surface area contributed by atoms with Crippen LogP contribution in [0.4, 0.5) is 0 Å². The molecule has 1 heterocycles. The van der Waals surface area contributed by atoms with Crippen LogP contribution >= 0.6 is 15.9 Å². The molecule has 0 saturated carbocycles. The van der Waals surface area contributed by atoms with Crippen LogP contribution in [0, 0.1) is 0 Å². The van der Waals surface area contributed by atoms with Crippen molar-refractivity contribution in [2.75, 3.05) is 20.3 Å². The first-order valence-corrected chi connectivity index (χ1v) is 6.73. The summed E-state index contributed by atoms with van der Waals surface area (Å²) in [4.78, 5) is 12.3. The number of halogens is 1. The third-order valence-corrected chi connectivity index (χ3v) is 3.64. The van der Waals surface area contributed by atoms with Gasteiger partial charge in [-0.15, -0.1) is 0 Å². The summed E-state index contributed by atoms with van der Waals surface area (Å²) in [6.07, 6.45) is 1.72. The van der Waals surface area contributed by atoms with Crippen molar-refractivity contribution in [1.82, 2.24) is 5.32 Å². The molecule has 1 amide bonds. The number of ether oxygens (including phenoxy) is 2. The first-order valence-electron chi connectivity index (χ1n) is 5.93. The summed E-state index contributed by atoms with van der Waals surface area (Å²) in [5.41, 5.74) is 0.548. The van der Waals surface area contributed by atoms with Crippen LogP contribution in [0.2, 0.25) is 0 Å². The lowest BCUT2D eigenvalue weighted by atomic mass is 10.1. The average molecular weight is 314 g/mol. The van der Waals surface area contributed by atoms with Gasteiger partial charge in [0.2, 0.25) is 0 Å². The number of hydrogen-bond donors (Lipinski definition) is 1. The van der Waals surface area contributed by atoms with E-state index in [2.05, 4.69) is 21.2 Å². The van der Waals surface area contributed by atoms with E-state index < -0.39 is 0 Å². The monoisotopic (exact) mass is 313 g/mol. The fourth-order valence-electron chi connectivity index (χ4n) is 1.99. The number of rotatable bonds is 3. The van der Waals surface area contributed by atoms with Gasteiger partial charge in [-0.1, -0.05) is 6.07 Å². The van der Waals surface area contributed by atoms with E-state index in [1.807, 2.05) is 12.1 Å². The van der Waals surface area contributed by atoms with Gasteiger partial charge in [-0.05, 0) is 40.9 Å². The van der Waals surface area contributed by atoms with Gasteiger partial charge in [-0.3, -0.25) is 4.79 Å². The fourth-order valence-corrected chi connectivity index (χ4v) is 2.52. The molecule has 4 nitrogen and oxygen atoms in total. The Morgan fingerprint density at radius 2 is 2.17 bits per heavy atom. The summed E-state index contributed by atoms with van der Waals surface area (Å²) in [5, 5.41) is 3.02. The Hall–Kier alpha value is -1.07. The van der Waals surface area contributed by atoms with Gasteiger partial charge in [0.05, 0.1) is 12.7 Å². The highest BCUT2D eigenvalue weighted by atomic mass is 79.9. The van der Waals surface area contributed by atoms with Crippen LogP contribution in [-0.4, -0.2) is 32.3 Å². The lowest BCUT2D eigenvalue weighted by molar-refractivity contribution is 0.0695. The molecule has 2 rings (SSSR count). The maximum atomic E-state index is 12.3. The third-order valence-electron chi connectivity index (χ3n) is 2.98. The highest BCUT2D eigenvalue weighted by Crippen LogP contribution is 2.26. The molecule has 0 aromatic heterocycles. The molecule has 1 N–H and O–H groups in total. The average Bonchev–Trinajstić information content (AvgIpc) is 2.39. The molecule has 1 aliphatic rings. The second-order valence-corrected chi connectivity index (χ2v) is 5.03. The van der Waals surface area contributed by atoms with E-state index in [9.17, 15) is 4.79 Å². The van der Waals surface area contributed by atoms with Crippen molar-refractivity contribution in [3.63, 3.8) is 0 Å². The van der Waals surface area contributed by atoms with Gasteiger partial charge >= 0.3 is 0 Å². The number of hydrogen-bond acceptors (Lipinski definition) is 3. The minimum atomic E-state index is -0.105. The Labute approximate surface area is 115 Å². The van der Waals surface area contributed by atoms with Crippen LogP contribution in [0.15, 0.2) is 22.7 Å². The van der Waals surface area contributed by atoms with Gasteiger partial charge in [0.1, 0.15) is 5.75 Å². The molecular weight excluding hydrogens is 298 g/mol. The van der Waals surface area contributed by atoms with Crippen molar-refractivity contribution in [2.45, 2.75) is 18.9 Å². The first kappa shape index (κ1) is 13.4. The Balaban J connectivity index is 2.12. The quantitative estimate of drug-likeness (QED) is 0.932. The number of carbonyl (C=O) groups excluding carboxylic acids is 1. The van der Waals surface area contributed by atoms with Crippen LogP contribution in [0.25, 0.3) is 0 Å². The molecule has 0 aliphatic carbocycles. The molecule has 1 fully saturated rings. The zero-order chi connectivity index (χ0) is 13.0. The van der Waals surface area contributed by atoms with E-state index >= 15 is 0 Å². The van der Waals surface area contributed by atoms with Crippen LogP contribution in [0.3, 0.4) is 0 Å². The molecule has 1 aliphatic heterocycles. The minimum Gasteiger partial charge on any atom is -0.496 e. The molecule has 0 radical (unpaired) electrons. The van der Waals surface area contributed by atoms with Crippen LogP contribution in [-0.2, 0) is 4.74 Å². The molecule has 1 saturated heterocycles. The Bertz CT molecular complexity index is 430. The smallest absolute Gasteiger partial charge is 0.256 e. The molecule has 0 unspecified atom stereocenters. The largest absolute Gasteiger partial charge is 0.496 e. The second-order valence-electron chi connectivity index (χ2n) is 4.18. The van der Waals surface area contributed by atoms with E-state index in [1.165, 1.54) is 0 Å².